The van der Waals surface area contributed by atoms with Crippen LogP contribution in [0.25, 0.3) is 0 Å². The van der Waals surface area contributed by atoms with E-state index in [2.05, 4.69) is 14.9 Å². The van der Waals surface area contributed by atoms with Crippen molar-refractivity contribution in [3.05, 3.63) is 22.2 Å². The maximum Gasteiger partial charge on any atom is 0.347 e. The van der Waals surface area contributed by atoms with Crippen molar-refractivity contribution >= 4 is 0 Å². The second-order valence-electron chi connectivity index (χ2n) is 3.30. The fraction of sp³-hybridized carbons (Fsp3) is 0.556. The molecule has 0 fully saturated rings. The predicted molar refractivity (Wildman–Crippen MR) is 53.7 cm³/mol. The topological polar surface area (TPSA) is 58.2 Å². The lowest BCUT2D eigenvalue weighted by molar-refractivity contribution is 0.378. The molecule has 0 aromatic carbocycles. The van der Waals surface area contributed by atoms with Gasteiger partial charge < -0.3 is 9.64 Å². The first-order chi connectivity index (χ1) is 6.63. The van der Waals surface area contributed by atoms with Crippen LogP contribution in [0, 0.1) is 0 Å². The summed E-state index contributed by atoms with van der Waals surface area (Å²) in [7, 11) is 5.52. The molecule has 78 valence electrons. The molecule has 1 aromatic rings. The van der Waals surface area contributed by atoms with Gasteiger partial charge in [0.25, 0.3) is 0 Å². The van der Waals surface area contributed by atoms with Crippen LogP contribution in [0.2, 0.25) is 0 Å². The van der Waals surface area contributed by atoms with Crippen LogP contribution in [-0.2, 0) is 6.42 Å². The normalized spacial score (nSPS) is 10.6. The van der Waals surface area contributed by atoms with E-state index in [-0.39, 0.29) is 5.69 Å². The summed E-state index contributed by atoms with van der Waals surface area (Å²) in [6.45, 7) is 0.893. The van der Waals surface area contributed by atoms with E-state index >= 15 is 0 Å². The molecule has 5 heteroatoms. The van der Waals surface area contributed by atoms with Crippen LogP contribution in [0.5, 0.6) is 5.88 Å². The monoisotopic (exact) mass is 197 g/mol. The highest BCUT2D eigenvalue weighted by atomic mass is 16.5. The Morgan fingerprint density at radius 2 is 2.29 bits per heavy atom. The molecular weight excluding hydrogens is 182 g/mol. The summed E-state index contributed by atoms with van der Waals surface area (Å²) in [5.41, 5.74) is 0.538. The van der Waals surface area contributed by atoms with Crippen molar-refractivity contribution in [1.82, 2.24) is 14.9 Å². The van der Waals surface area contributed by atoms with Crippen molar-refractivity contribution in [2.75, 3.05) is 27.7 Å². The Labute approximate surface area is 82.7 Å². The van der Waals surface area contributed by atoms with Crippen LogP contribution in [-0.4, -0.2) is 42.6 Å². The molecule has 0 unspecified atom stereocenters. The molecule has 1 heterocycles. The van der Waals surface area contributed by atoms with Gasteiger partial charge in [-0.25, -0.2) is 9.78 Å². The van der Waals surface area contributed by atoms with Crippen molar-refractivity contribution in [1.29, 1.82) is 0 Å². The zero-order valence-corrected chi connectivity index (χ0v) is 8.70. The number of H-pyrrole nitrogens is 1. The van der Waals surface area contributed by atoms with Gasteiger partial charge in [-0.1, -0.05) is 0 Å². The van der Waals surface area contributed by atoms with E-state index in [9.17, 15) is 4.79 Å². The number of likely N-dealkylation sites (N-methyl/N-ethyl adjacent to an activating group) is 1. The third kappa shape index (κ3) is 2.85. The minimum absolute atomic E-state index is 0.379. The Morgan fingerprint density at radius 1 is 1.57 bits per heavy atom. The standard InChI is InChI=1S/C9H15N3O2/c1-12(2)5-4-7-6-10-9(13)11-8(7)14-3/h6H,4-5H2,1-3H3,(H,10,11,13). The average Bonchev–Trinajstić information content (AvgIpc) is 2.15. The van der Waals surface area contributed by atoms with Gasteiger partial charge in [0, 0.05) is 18.3 Å². The Kier molecular flexibility index (Phi) is 3.64. The lowest BCUT2D eigenvalue weighted by Crippen LogP contribution is -2.18. The van der Waals surface area contributed by atoms with E-state index in [0.29, 0.717) is 5.88 Å². The van der Waals surface area contributed by atoms with Gasteiger partial charge in [-0.15, -0.1) is 0 Å². The van der Waals surface area contributed by atoms with E-state index in [1.807, 2.05) is 14.1 Å². The van der Waals surface area contributed by atoms with Crippen LogP contribution in [0.3, 0.4) is 0 Å². The Morgan fingerprint density at radius 3 is 2.86 bits per heavy atom. The van der Waals surface area contributed by atoms with Crippen molar-refractivity contribution in [2.45, 2.75) is 6.42 Å². The molecule has 0 spiro atoms. The summed E-state index contributed by atoms with van der Waals surface area (Å²) in [6, 6.07) is 0. The first-order valence-corrected chi connectivity index (χ1v) is 4.40. The minimum atomic E-state index is -0.379. The molecule has 0 amide bonds. The predicted octanol–water partition coefficient (Wildman–Crippen LogP) is -0.117. The maximum absolute atomic E-state index is 10.9. The second-order valence-corrected chi connectivity index (χ2v) is 3.30. The SMILES string of the molecule is COc1[nH]c(=O)ncc1CCN(C)C. The molecular formula is C9H15N3O2. The number of aromatic amines is 1. The highest BCUT2D eigenvalue weighted by Gasteiger charge is 2.04. The molecule has 14 heavy (non-hydrogen) atoms. The highest BCUT2D eigenvalue weighted by molar-refractivity contribution is 5.22. The number of nitrogens with zero attached hydrogens (tertiary/aromatic N) is 2. The highest BCUT2D eigenvalue weighted by Crippen LogP contribution is 2.11. The van der Waals surface area contributed by atoms with E-state index in [0.717, 1.165) is 18.5 Å². The lowest BCUT2D eigenvalue weighted by atomic mass is 10.2. The Hall–Kier alpha value is -1.36. The van der Waals surface area contributed by atoms with Crippen molar-refractivity contribution in [3.63, 3.8) is 0 Å². The smallest absolute Gasteiger partial charge is 0.347 e. The minimum Gasteiger partial charge on any atom is -0.482 e. The van der Waals surface area contributed by atoms with Crippen LogP contribution in [0.1, 0.15) is 5.56 Å². The largest absolute Gasteiger partial charge is 0.482 e. The van der Waals surface area contributed by atoms with Crippen LogP contribution >= 0.6 is 0 Å². The molecule has 0 radical (unpaired) electrons. The summed E-state index contributed by atoms with van der Waals surface area (Å²) in [5, 5.41) is 0. The molecule has 0 aliphatic rings. The van der Waals surface area contributed by atoms with E-state index in [1.54, 1.807) is 6.20 Å². The molecule has 0 saturated carbocycles. The number of hydrogen-bond acceptors (Lipinski definition) is 4. The molecule has 0 aliphatic heterocycles. The second kappa shape index (κ2) is 4.76. The first-order valence-electron chi connectivity index (χ1n) is 4.40. The number of aromatic nitrogens is 2. The number of ether oxygens (including phenoxy) is 1. The molecule has 1 N–H and O–H groups in total. The molecule has 0 bridgehead atoms. The maximum atomic E-state index is 10.9. The van der Waals surface area contributed by atoms with Gasteiger partial charge in [0.2, 0.25) is 0 Å². The summed E-state index contributed by atoms with van der Waals surface area (Å²) in [5.74, 6) is 0.506. The fourth-order valence-corrected chi connectivity index (χ4v) is 1.11. The van der Waals surface area contributed by atoms with Crippen molar-refractivity contribution in [3.8, 4) is 5.88 Å². The molecule has 0 atom stereocenters. The molecule has 1 rings (SSSR count). The summed E-state index contributed by atoms with van der Waals surface area (Å²) >= 11 is 0. The van der Waals surface area contributed by atoms with Gasteiger partial charge in [-0.2, -0.15) is 0 Å². The first kappa shape index (κ1) is 10.7. The van der Waals surface area contributed by atoms with E-state index in [4.69, 9.17) is 4.74 Å². The Balaban J connectivity index is 2.80. The quantitative estimate of drug-likeness (QED) is 0.731. The van der Waals surface area contributed by atoms with E-state index < -0.39 is 0 Å². The third-order valence-corrected chi connectivity index (χ3v) is 1.88. The summed E-state index contributed by atoms with van der Waals surface area (Å²) < 4.78 is 5.04. The Bertz CT molecular complexity index is 346. The lowest BCUT2D eigenvalue weighted by Gasteiger charge is -2.10. The fourth-order valence-electron chi connectivity index (χ4n) is 1.11. The number of rotatable bonds is 4. The zero-order valence-electron chi connectivity index (χ0n) is 8.70. The number of methoxy groups -OCH3 is 1. The van der Waals surface area contributed by atoms with Gasteiger partial charge in [-0.05, 0) is 20.5 Å². The number of nitrogens with one attached hydrogen (secondary N) is 1. The summed E-state index contributed by atoms with van der Waals surface area (Å²) in [4.78, 5) is 19.1. The van der Waals surface area contributed by atoms with Crippen molar-refractivity contribution < 1.29 is 4.74 Å². The van der Waals surface area contributed by atoms with Crippen LogP contribution in [0.4, 0.5) is 0 Å². The van der Waals surface area contributed by atoms with Crippen LogP contribution in [0.15, 0.2) is 11.0 Å². The molecule has 1 aromatic heterocycles. The molecule has 5 nitrogen and oxygen atoms in total. The van der Waals surface area contributed by atoms with Gasteiger partial charge in [0.05, 0.1) is 7.11 Å². The average molecular weight is 197 g/mol. The third-order valence-electron chi connectivity index (χ3n) is 1.88. The summed E-state index contributed by atoms with van der Waals surface area (Å²) in [6.07, 6.45) is 2.36. The van der Waals surface area contributed by atoms with Gasteiger partial charge >= 0.3 is 5.69 Å². The number of hydrogen-bond donors (Lipinski definition) is 1. The van der Waals surface area contributed by atoms with Crippen LogP contribution < -0.4 is 10.4 Å². The van der Waals surface area contributed by atoms with Gasteiger partial charge in [0.1, 0.15) is 0 Å². The zero-order chi connectivity index (χ0) is 10.6. The van der Waals surface area contributed by atoms with Gasteiger partial charge in [0.15, 0.2) is 5.88 Å². The van der Waals surface area contributed by atoms with E-state index in [1.165, 1.54) is 7.11 Å². The van der Waals surface area contributed by atoms with Gasteiger partial charge in [-0.3, -0.25) is 4.98 Å². The molecule has 0 saturated heterocycles. The molecule has 0 aliphatic carbocycles. The van der Waals surface area contributed by atoms with Crippen molar-refractivity contribution in [2.24, 2.45) is 0 Å².